The van der Waals surface area contributed by atoms with Crippen molar-refractivity contribution in [3.05, 3.63) is 84.4 Å². The highest BCUT2D eigenvalue weighted by molar-refractivity contribution is 6.02. The first-order chi connectivity index (χ1) is 11.6. The van der Waals surface area contributed by atoms with Crippen molar-refractivity contribution in [1.82, 2.24) is 4.98 Å². The van der Waals surface area contributed by atoms with Gasteiger partial charge in [-0.05, 0) is 42.5 Å². The van der Waals surface area contributed by atoms with Crippen LogP contribution in [0.25, 0.3) is 0 Å². The molecule has 3 rings (SSSR count). The summed E-state index contributed by atoms with van der Waals surface area (Å²) in [4.78, 5) is 18.3. The summed E-state index contributed by atoms with van der Waals surface area (Å²) < 4.78 is 13.2. The van der Waals surface area contributed by atoms with Gasteiger partial charge in [0.1, 0.15) is 11.5 Å². The van der Waals surface area contributed by atoms with Crippen LogP contribution in [0.5, 0.6) is 0 Å². The summed E-state index contributed by atoms with van der Waals surface area (Å²) in [5.74, 6) is -0.782. The largest absolute Gasteiger partial charge is 0.343 e. The van der Waals surface area contributed by atoms with Crippen LogP contribution >= 0.6 is 0 Å². The molecule has 0 atom stereocenters. The van der Waals surface area contributed by atoms with Crippen LogP contribution in [0.15, 0.2) is 72.9 Å². The van der Waals surface area contributed by atoms with Gasteiger partial charge in [0.05, 0.1) is 11.9 Å². The van der Waals surface area contributed by atoms with E-state index in [9.17, 15) is 9.18 Å². The summed E-state index contributed by atoms with van der Waals surface area (Å²) in [7, 11) is 1.93. The molecule has 3 aromatic rings. The fourth-order valence-electron chi connectivity index (χ4n) is 2.28. The summed E-state index contributed by atoms with van der Waals surface area (Å²) in [6.07, 6.45) is 1.63. The Morgan fingerprint density at radius 1 is 1.00 bits per heavy atom. The first-order valence-corrected chi connectivity index (χ1v) is 7.45. The van der Waals surface area contributed by atoms with E-state index in [1.165, 1.54) is 18.2 Å². The van der Waals surface area contributed by atoms with E-state index in [0.717, 1.165) is 11.4 Å². The second kappa shape index (κ2) is 6.91. The lowest BCUT2D eigenvalue weighted by atomic mass is 10.2. The minimum absolute atomic E-state index is 0.268. The van der Waals surface area contributed by atoms with Crippen molar-refractivity contribution in [2.24, 2.45) is 0 Å². The zero-order valence-corrected chi connectivity index (χ0v) is 13.1. The van der Waals surface area contributed by atoms with Crippen molar-refractivity contribution in [3.63, 3.8) is 0 Å². The van der Waals surface area contributed by atoms with Crippen molar-refractivity contribution >= 4 is 23.0 Å². The Labute approximate surface area is 139 Å². The highest BCUT2D eigenvalue weighted by Crippen LogP contribution is 2.22. The van der Waals surface area contributed by atoms with E-state index in [-0.39, 0.29) is 11.6 Å². The van der Waals surface area contributed by atoms with Gasteiger partial charge < -0.3 is 10.2 Å². The van der Waals surface area contributed by atoms with Gasteiger partial charge in [-0.3, -0.25) is 4.79 Å². The van der Waals surface area contributed by atoms with Crippen molar-refractivity contribution < 1.29 is 9.18 Å². The number of carbonyl (C=O) groups is 1. The van der Waals surface area contributed by atoms with Gasteiger partial charge in [-0.15, -0.1) is 0 Å². The molecule has 24 heavy (non-hydrogen) atoms. The van der Waals surface area contributed by atoms with Gasteiger partial charge in [0.25, 0.3) is 5.91 Å². The molecule has 1 amide bonds. The maximum absolute atomic E-state index is 13.2. The van der Waals surface area contributed by atoms with E-state index in [1.807, 2.05) is 48.3 Å². The number of carbonyl (C=O) groups excluding carboxylic acids is 1. The number of hydrogen-bond donors (Lipinski definition) is 1. The van der Waals surface area contributed by atoms with Crippen LogP contribution in [0.1, 0.15) is 10.5 Å². The molecule has 5 heteroatoms. The van der Waals surface area contributed by atoms with Crippen LogP contribution in [-0.2, 0) is 0 Å². The molecule has 120 valence electrons. The summed E-state index contributed by atoms with van der Waals surface area (Å²) in [6, 6.07) is 19.1. The average Bonchev–Trinajstić information content (AvgIpc) is 2.62. The Kier molecular flexibility index (Phi) is 4.52. The second-order valence-corrected chi connectivity index (χ2v) is 5.26. The van der Waals surface area contributed by atoms with Gasteiger partial charge in [-0.2, -0.15) is 0 Å². The molecule has 0 aliphatic heterocycles. The average molecular weight is 321 g/mol. The van der Waals surface area contributed by atoms with E-state index in [4.69, 9.17) is 0 Å². The van der Waals surface area contributed by atoms with E-state index in [1.54, 1.807) is 18.3 Å². The first-order valence-electron chi connectivity index (χ1n) is 7.45. The van der Waals surface area contributed by atoms with Gasteiger partial charge in [-0.25, -0.2) is 9.37 Å². The third-order valence-electron chi connectivity index (χ3n) is 3.59. The summed E-state index contributed by atoms with van der Waals surface area (Å²) in [6.45, 7) is 0. The first kappa shape index (κ1) is 15.7. The van der Waals surface area contributed by atoms with Crippen molar-refractivity contribution in [1.29, 1.82) is 0 Å². The number of pyridine rings is 1. The number of nitrogens with one attached hydrogen (secondary N) is 1. The third kappa shape index (κ3) is 3.57. The van der Waals surface area contributed by atoms with Crippen molar-refractivity contribution in [2.45, 2.75) is 0 Å². The van der Waals surface area contributed by atoms with Crippen LogP contribution in [0.2, 0.25) is 0 Å². The molecule has 0 aliphatic carbocycles. The number of para-hydroxylation sites is 1. The van der Waals surface area contributed by atoms with Crippen LogP contribution in [0.4, 0.5) is 21.5 Å². The lowest BCUT2D eigenvalue weighted by Gasteiger charge is -2.19. The normalized spacial score (nSPS) is 10.2. The molecule has 2 aromatic carbocycles. The second-order valence-electron chi connectivity index (χ2n) is 5.26. The van der Waals surface area contributed by atoms with E-state index in [0.29, 0.717) is 5.69 Å². The predicted octanol–water partition coefficient (Wildman–Crippen LogP) is 4.24. The van der Waals surface area contributed by atoms with Gasteiger partial charge in [0.2, 0.25) is 0 Å². The molecular weight excluding hydrogens is 305 g/mol. The summed E-state index contributed by atoms with van der Waals surface area (Å²) in [5.41, 5.74) is 2.55. The standard InChI is InChI=1S/C19H16FN3O/c1-23(16-8-3-2-4-9-16)17-10-11-18(21-13-17)19(24)22-15-7-5-6-14(20)12-15/h2-13H,1H3,(H,22,24). The molecule has 0 bridgehead atoms. The molecule has 0 spiro atoms. The molecule has 1 N–H and O–H groups in total. The van der Waals surface area contributed by atoms with Gasteiger partial charge in [0, 0.05) is 18.4 Å². The quantitative estimate of drug-likeness (QED) is 0.782. The maximum Gasteiger partial charge on any atom is 0.274 e. The molecule has 0 aliphatic rings. The zero-order chi connectivity index (χ0) is 16.9. The smallest absolute Gasteiger partial charge is 0.274 e. The fourth-order valence-corrected chi connectivity index (χ4v) is 2.28. The molecule has 0 unspecified atom stereocenters. The minimum Gasteiger partial charge on any atom is -0.343 e. The Balaban J connectivity index is 1.73. The highest BCUT2D eigenvalue weighted by Gasteiger charge is 2.10. The van der Waals surface area contributed by atoms with E-state index < -0.39 is 5.82 Å². The number of aromatic nitrogens is 1. The number of nitrogens with zero attached hydrogens (tertiary/aromatic N) is 2. The maximum atomic E-state index is 13.2. The Morgan fingerprint density at radius 2 is 1.79 bits per heavy atom. The number of anilines is 3. The molecule has 0 radical (unpaired) electrons. The molecular formula is C19H16FN3O. The topological polar surface area (TPSA) is 45.2 Å². The Bertz CT molecular complexity index is 835. The lowest BCUT2D eigenvalue weighted by Crippen LogP contribution is -2.15. The molecule has 0 fully saturated rings. The molecule has 1 aromatic heterocycles. The summed E-state index contributed by atoms with van der Waals surface area (Å²) in [5, 5.41) is 2.62. The van der Waals surface area contributed by atoms with Crippen LogP contribution in [-0.4, -0.2) is 17.9 Å². The van der Waals surface area contributed by atoms with Crippen LogP contribution in [0, 0.1) is 5.82 Å². The Hall–Kier alpha value is -3.21. The predicted molar refractivity (Wildman–Crippen MR) is 93.1 cm³/mol. The lowest BCUT2D eigenvalue weighted by molar-refractivity contribution is 0.102. The molecule has 0 saturated carbocycles. The van der Waals surface area contributed by atoms with Crippen LogP contribution in [0.3, 0.4) is 0 Å². The van der Waals surface area contributed by atoms with Gasteiger partial charge >= 0.3 is 0 Å². The number of amides is 1. The van der Waals surface area contributed by atoms with Gasteiger partial charge in [0.15, 0.2) is 0 Å². The Morgan fingerprint density at radius 3 is 2.46 bits per heavy atom. The number of rotatable bonds is 4. The number of halogens is 1. The SMILES string of the molecule is CN(c1ccccc1)c1ccc(C(=O)Nc2cccc(F)c2)nc1. The third-order valence-corrected chi connectivity index (χ3v) is 3.59. The van der Waals surface area contributed by atoms with Gasteiger partial charge in [-0.1, -0.05) is 24.3 Å². The van der Waals surface area contributed by atoms with Crippen LogP contribution < -0.4 is 10.2 Å². The monoisotopic (exact) mass is 321 g/mol. The fraction of sp³-hybridized carbons (Fsp3) is 0.0526. The zero-order valence-electron chi connectivity index (χ0n) is 13.1. The molecule has 4 nitrogen and oxygen atoms in total. The molecule has 1 heterocycles. The highest BCUT2D eigenvalue weighted by atomic mass is 19.1. The number of hydrogen-bond acceptors (Lipinski definition) is 3. The van der Waals surface area contributed by atoms with E-state index in [2.05, 4.69) is 10.3 Å². The molecule has 0 saturated heterocycles. The minimum atomic E-state index is -0.402. The number of benzene rings is 2. The van der Waals surface area contributed by atoms with Crippen molar-refractivity contribution in [2.75, 3.05) is 17.3 Å². The van der Waals surface area contributed by atoms with E-state index >= 15 is 0 Å². The van der Waals surface area contributed by atoms with Crippen molar-refractivity contribution in [3.8, 4) is 0 Å². The summed E-state index contributed by atoms with van der Waals surface area (Å²) >= 11 is 0.